The van der Waals surface area contributed by atoms with Gasteiger partial charge in [0, 0.05) is 44.1 Å². The Balaban J connectivity index is 1.23. The van der Waals surface area contributed by atoms with E-state index in [0.717, 1.165) is 55.1 Å². The minimum absolute atomic E-state index is 0.117. The predicted octanol–water partition coefficient (Wildman–Crippen LogP) is 2.85. The molecule has 1 aromatic heterocycles. The van der Waals surface area contributed by atoms with E-state index < -0.39 is 0 Å². The van der Waals surface area contributed by atoms with Crippen molar-refractivity contribution < 1.29 is 18.7 Å². The van der Waals surface area contributed by atoms with E-state index in [9.17, 15) is 9.18 Å². The highest BCUT2D eigenvalue weighted by atomic mass is 19.1. The molecule has 4 rings (SSSR count). The summed E-state index contributed by atoms with van der Waals surface area (Å²) >= 11 is 0. The summed E-state index contributed by atoms with van der Waals surface area (Å²) in [5.74, 6) is -0.428. The lowest BCUT2D eigenvalue weighted by molar-refractivity contribution is -0.120. The maximum absolute atomic E-state index is 13.2. The molecule has 8 heteroatoms. The first kappa shape index (κ1) is 22.8. The van der Waals surface area contributed by atoms with Gasteiger partial charge in [-0.2, -0.15) is 0 Å². The number of hydrogen-bond donors (Lipinski definition) is 1. The van der Waals surface area contributed by atoms with Gasteiger partial charge in [-0.1, -0.05) is 36.4 Å². The van der Waals surface area contributed by atoms with Gasteiger partial charge < -0.3 is 14.8 Å². The summed E-state index contributed by atoms with van der Waals surface area (Å²) in [5, 5.41) is 2.82. The molecule has 2 aromatic carbocycles. The molecule has 0 saturated carbocycles. The van der Waals surface area contributed by atoms with Crippen molar-refractivity contribution in [3.8, 4) is 17.1 Å². The number of rotatable bonds is 9. The van der Waals surface area contributed by atoms with Crippen molar-refractivity contribution >= 4 is 5.91 Å². The van der Waals surface area contributed by atoms with Crippen LogP contribution in [-0.2, 0) is 22.5 Å². The number of carbonyl (C=O) groups is 1. The number of aromatic nitrogens is 2. The van der Waals surface area contributed by atoms with E-state index in [4.69, 9.17) is 9.47 Å². The van der Waals surface area contributed by atoms with E-state index in [1.807, 2.05) is 24.3 Å². The standard InChI is InChI=1S/C25H27FN4O3/c26-23-3-1-2-20(14-23)16-27-24(31)15-19-4-6-21(7-5-19)22-17-28-25(29-18-22)33-13-10-30-8-11-32-12-9-30/h1-7,14,17-18H,8-13,15-16H2,(H,27,31). The second-order valence-electron chi connectivity index (χ2n) is 7.84. The zero-order valence-electron chi connectivity index (χ0n) is 18.4. The molecule has 0 aliphatic carbocycles. The molecule has 0 radical (unpaired) electrons. The molecule has 1 amide bonds. The van der Waals surface area contributed by atoms with Gasteiger partial charge in [-0.3, -0.25) is 9.69 Å². The molecule has 1 aliphatic heterocycles. The minimum atomic E-state index is -0.311. The summed E-state index contributed by atoms with van der Waals surface area (Å²) in [4.78, 5) is 23.1. The van der Waals surface area contributed by atoms with Crippen LogP contribution >= 0.6 is 0 Å². The molecule has 0 bridgehead atoms. The SMILES string of the molecule is O=C(Cc1ccc(-c2cnc(OCCN3CCOCC3)nc2)cc1)NCc1cccc(F)c1. The van der Waals surface area contributed by atoms with Crippen LogP contribution in [0, 0.1) is 5.82 Å². The fourth-order valence-corrected chi connectivity index (χ4v) is 3.54. The van der Waals surface area contributed by atoms with Crippen molar-refractivity contribution in [2.24, 2.45) is 0 Å². The van der Waals surface area contributed by atoms with Gasteiger partial charge in [-0.15, -0.1) is 0 Å². The van der Waals surface area contributed by atoms with Gasteiger partial charge in [-0.05, 0) is 28.8 Å². The molecule has 33 heavy (non-hydrogen) atoms. The first-order chi connectivity index (χ1) is 16.2. The van der Waals surface area contributed by atoms with Crippen molar-refractivity contribution in [2.45, 2.75) is 13.0 Å². The van der Waals surface area contributed by atoms with E-state index in [1.165, 1.54) is 12.1 Å². The van der Waals surface area contributed by atoms with Gasteiger partial charge in [0.1, 0.15) is 12.4 Å². The second kappa shape index (κ2) is 11.5. The van der Waals surface area contributed by atoms with Gasteiger partial charge in [0.05, 0.1) is 19.6 Å². The average Bonchev–Trinajstić information content (AvgIpc) is 2.85. The van der Waals surface area contributed by atoms with Gasteiger partial charge in [0.15, 0.2) is 0 Å². The van der Waals surface area contributed by atoms with Crippen LogP contribution in [0.5, 0.6) is 6.01 Å². The van der Waals surface area contributed by atoms with Gasteiger partial charge in [0.25, 0.3) is 0 Å². The highest BCUT2D eigenvalue weighted by Gasteiger charge is 2.10. The summed E-state index contributed by atoms with van der Waals surface area (Å²) in [6, 6.07) is 14.2. The molecule has 1 fully saturated rings. The Morgan fingerprint density at radius 2 is 1.79 bits per heavy atom. The van der Waals surface area contributed by atoms with E-state index in [0.29, 0.717) is 19.2 Å². The third-order valence-corrected chi connectivity index (χ3v) is 5.40. The zero-order chi connectivity index (χ0) is 22.9. The molecule has 0 atom stereocenters. The Morgan fingerprint density at radius 3 is 2.52 bits per heavy atom. The Labute approximate surface area is 192 Å². The molecule has 2 heterocycles. The molecule has 1 saturated heterocycles. The van der Waals surface area contributed by atoms with Crippen LogP contribution in [0.2, 0.25) is 0 Å². The van der Waals surface area contributed by atoms with E-state index in [1.54, 1.807) is 24.5 Å². The van der Waals surface area contributed by atoms with Crippen LogP contribution in [-0.4, -0.2) is 60.2 Å². The number of morpholine rings is 1. The summed E-state index contributed by atoms with van der Waals surface area (Å²) in [5.41, 5.74) is 3.45. The molecule has 0 spiro atoms. The summed E-state index contributed by atoms with van der Waals surface area (Å²) < 4.78 is 24.2. The third kappa shape index (κ3) is 7.06. The van der Waals surface area contributed by atoms with Crippen LogP contribution in [0.25, 0.3) is 11.1 Å². The second-order valence-corrected chi connectivity index (χ2v) is 7.84. The fraction of sp³-hybridized carbons (Fsp3) is 0.320. The van der Waals surface area contributed by atoms with E-state index in [2.05, 4.69) is 20.2 Å². The molecule has 7 nitrogen and oxygen atoms in total. The topological polar surface area (TPSA) is 76.6 Å². The molecule has 172 valence electrons. The Kier molecular flexibility index (Phi) is 7.94. The van der Waals surface area contributed by atoms with Crippen molar-refractivity contribution in [1.82, 2.24) is 20.2 Å². The predicted molar refractivity (Wildman–Crippen MR) is 122 cm³/mol. The van der Waals surface area contributed by atoms with Crippen molar-refractivity contribution in [2.75, 3.05) is 39.5 Å². The highest BCUT2D eigenvalue weighted by Crippen LogP contribution is 2.19. The lowest BCUT2D eigenvalue weighted by Crippen LogP contribution is -2.38. The number of amides is 1. The van der Waals surface area contributed by atoms with E-state index in [-0.39, 0.29) is 18.1 Å². The quantitative estimate of drug-likeness (QED) is 0.540. The maximum Gasteiger partial charge on any atom is 0.316 e. The average molecular weight is 451 g/mol. The first-order valence-electron chi connectivity index (χ1n) is 11.0. The lowest BCUT2D eigenvalue weighted by atomic mass is 10.0. The largest absolute Gasteiger partial charge is 0.462 e. The first-order valence-corrected chi connectivity index (χ1v) is 11.0. The number of nitrogens with zero attached hydrogens (tertiary/aromatic N) is 3. The van der Waals surface area contributed by atoms with Crippen molar-refractivity contribution in [1.29, 1.82) is 0 Å². The third-order valence-electron chi connectivity index (χ3n) is 5.40. The molecular weight excluding hydrogens is 423 g/mol. The number of carbonyl (C=O) groups excluding carboxylic acids is 1. The normalized spacial score (nSPS) is 14.1. The van der Waals surface area contributed by atoms with Crippen molar-refractivity contribution in [3.05, 3.63) is 77.9 Å². The highest BCUT2D eigenvalue weighted by molar-refractivity contribution is 5.78. The number of hydrogen-bond acceptors (Lipinski definition) is 6. The molecule has 0 unspecified atom stereocenters. The Hall–Kier alpha value is -3.36. The fourth-order valence-electron chi connectivity index (χ4n) is 3.54. The van der Waals surface area contributed by atoms with Crippen LogP contribution < -0.4 is 10.1 Å². The summed E-state index contributed by atoms with van der Waals surface area (Å²) in [6.07, 6.45) is 3.72. The van der Waals surface area contributed by atoms with Crippen LogP contribution in [0.3, 0.4) is 0 Å². The number of benzene rings is 2. The Bertz CT molecular complexity index is 1040. The Morgan fingerprint density at radius 1 is 1.03 bits per heavy atom. The van der Waals surface area contributed by atoms with Gasteiger partial charge in [-0.25, -0.2) is 14.4 Å². The zero-order valence-corrected chi connectivity index (χ0v) is 18.4. The number of ether oxygens (including phenoxy) is 2. The number of halogens is 1. The molecule has 1 aliphatic rings. The van der Waals surface area contributed by atoms with Gasteiger partial charge >= 0.3 is 6.01 Å². The molecular formula is C25H27FN4O3. The van der Waals surface area contributed by atoms with Crippen molar-refractivity contribution in [3.63, 3.8) is 0 Å². The maximum atomic E-state index is 13.2. The number of nitrogens with one attached hydrogen (secondary N) is 1. The van der Waals surface area contributed by atoms with Crippen LogP contribution in [0.4, 0.5) is 4.39 Å². The monoisotopic (exact) mass is 450 g/mol. The van der Waals surface area contributed by atoms with Crippen LogP contribution in [0.1, 0.15) is 11.1 Å². The minimum Gasteiger partial charge on any atom is -0.462 e. The molecule has 3 aromatic rings. The smallest absolute Gasteiger partial charge is 0.316 e. The summed E-state index contributed by atoms with van der Waals surface area (Å²) in [6.45, 7) is 5.04. The lowest BCUT2D eigenvalue weighted by Gasteiger charge is -2.26. The molecule has 1 N–H and O–H groups in total. The van der Waals surface area contributed by atoms with E-state index >= 15 is 0 Å². The van der Waals surface area contributed by atoms with Crippen LogP contribution in [0.15, 0.2) is 60.9 Å². The van der Waals surface area contributed by atoms with Gasteiger partial charge in [0.2, 0.25) is 5.91 Å². The summed E-state index contributed by atoms with van der Waals surface area (Å²) in [7, 11) is 0.